The van der Waals surface area contributed by atoms with Gasteiger partial charge < -0.3 is 9.80 Å². The van der Waals surface area contributed by atoms with Crippen molar-refractivity contribution >= 4 is 22.7 Å². The van der Waals surface area contributed by atoms with Crippen molar-refractivity contribution in [3.8, 4) is 0 Å². The van der Waals surface area contributed by atoms with Crippen molar-refractivity contribution in [2.75, 3.05) is 9.80 Å². The van der Waals surface area contributed by atoms with E-state index >= 15 is 0 Å². The second kappa shape index (κ2) is 5.39. The highest BCUT2D eigenvalue weighted by atomic mass is 15.4. The molecule has 0 fully saturated rings. The van der Waals surface area contributed by atoms with Crippen molar-refractivity contribution in [2.24, 2.45) is 5.41 Å². The number of benzene rings is 3. The van der Waals surface area contributed by atoms with Crippen molar-refractivity contribution in [2.45, 2.75) is 39.3 Å². The highest BCUT2D eigenvalue weighted by Gasteiger charge is 2.57. The van der Waals surface area contributed by atoms with Crippen LogP contribution >= 0.6 is 0 Å². The summed E-state index contributed by atoms with van der Waals surface area (Å²) in [4.78, 5) is 5.09. The first-order valence-electron chi connectivity index (χ1n) is 9.76. The van der Waals surface area contributed by atoms with E-state index in [1.807, 2.05) is 0 Å². The van der Waals surface area contributed by atoms with Crippen LogP contribution in [0.4, 0.5) is 22.7 Å². The zero-order valence-electron chi connectivity index (χ0n) is 16.5. The molecule has 2 heterocycles. The van der Waals surface area contributed by atoms with Gasteiger partial charge in [-0.3, -0.25) is 0 Å². The Hall–Kier alpha value is -2.74. The number of hydrogen-bond acceptors (Lipinski definition) is 2. The van der Waals surface area contributed by atoms with E-state index in [1.165, 1.54) is 28.3 Å². The van der Waals surface area contributed by atoms with Crippen LogP contribution in [0.3, 0.4) is 0 Å². The molecule has 2 heteroatoms. The lowest BCUT2D eigenvalue weighted by Gasteiger charge is -2.56. The number of fused-ring (bicyclic) bond motifs is 5. The fourth-order valence-electron chi connectivity index (χ4n) is 4.91. The SMILES string of the molecule is CC1(C)c2ccccc2N2c3ccccc3N(c3ccccc3)C2C1(C)C. The summed E-state index contributed by atoms with van der Waals surface area (Å²) < 4.78 is 0. The van der Waals surface area contributed by atoms with Crippen LogP contribution in [0.25, 0.3) is 0 Å². The van der Waals surface area contributed by atoms with Gasteiger partial charge in [-0.1, -0.05) is 76.2 Å². The average Bonchev–Trinajstić information content (AvgIpc) is 3.04. The van der Waals surface area contributed by atoms with Gasteiger partial charge in [0, 0.05) is 22.2 Å². The summed E-state index contributed by atoms with van der Waals surface area (Å²) in [6, 6.07) is 28.6. The number of para-hydroxylation sites is 4. The van der Waals surface area contributed by atoms with Crippen LogP contribution in [-0.2, 0) is 5.41 Å². The van der Waals surface area contributed by atoms with Crippen LogP contribution in [0.1, 0.15) is 33.3 Å². The third kappa shape index (κ3) is 2.01. The summed E-state index contributed by atoms with van der Waals surface area (Å²) in [5.41, 5.74) is 6.65. The van der Waals surface area contributed by atoms with Gasteiger partial charge in [0.1, 0.15) is 6.17 Å². The fourth-order valence-corrected chi connectivity index (χ4v) is 4.91. The molecule has 2 aliphatic rings. The normalized spacial score (nSPS) is 21.4. The highest BCUT2D eigenvalue weighted by molar-refractivity contribution is 5.90. The monoisotopic (exact) mass is 354 g/mol. The molecule has 1 atom stereocenters. The molecule has 0 saturated heterocycles. The van der Waals surface area contributed by atoms with E-state index in [1.54, 1.807) is 0 Å². The highest BCUT2D eigenvalue weighted by Crippen LogP contribution is 2.61. The van der Waals surface area contributed by atoms with E-state index < -0.39 is 0 Å². The van der Waals surface area contributed by atoms with Crippen molar-refractivity contribution in [3.63, 3.8) is 0 Å². The molecule has 0 bridgehead atoms. The zero-order chi connectivity index (χ0) is 18.8. The largest absolute Gasteiger partial charge is 0.318 e. The average molecular weight is 354 g/mol. The first-order chi connectivity index (χ1) is 12.9. The van der Waals surface area contributed by atoms with Crippen LogP contribution in [0.5, 0.6) is 0 Å². The molecule has 27 heavy (non-hydrogen) atoms. The molecular formula is C25H26N2. The molecule has 0 radical (unpaired) electrons. The maximum atomic E-state index is 2.56. The van der Waals surface area contributed by atoms with E-state index in [9.17, 15) is 0 Å². The Labute approximate surface area is 162 Å². The fraction of sp³-hybridized carbons (Fsp3) is 0.280. The molecule has 136 valence electrons. The molecule has 0 aromatic heterocycles. The topological polar surface area (TPSA) is 6.48 Å². The molecule has 0 spiro atoms. The quantitative estimate of drug-likeness (QED) is 0.484. The van der Waals surface area contributed by atoms with Gasteiger partial charge in [0.2, 0.25) is 0 Å². The number of nitrogens with zero attached hydrogens (tertiary/aromatic N) is 2. The Balaban J connectivity index is 1.84. The van der Waals surface area contributed by atoms with E-state index in [0.717, 1.165) is 0 Å². The smallest absolute Gasteiger partial charge is 0.117 e. The minimum Gasteiger partial charge on any atom is -0.318 e. The van der Waals surface area contributed by atoms with Gasteiger partial charge >= 0.3 is 0 Å². The lowest BCUT2D eigenvalue weighted by atomic mass is 9.59. The summed E-state index contributed by atoms with van der Waals surface area (Å²) in [5, 5.41) is 0. The Morgan fingerprint density at radius 2 is 1.11 bits per heavy atom. The van der Waals surface area contributed by atoms with Crippen molar-refractivity contribution in [1.29, 1.82) is 0 Å². The lowest BCUT2D eigenvalue weighted by Crippen LogP contribution is -2.60. The van der Waals surface area contributed by atoms with Crippen LogP contribution in [0.2, 0.25) is 0 Å². The van der Waals surface area contributed by atoms with Gasteiger partial charge in [-0.25, -0.2) is 0 Å². The molecule has 3 aromatic carbocycles. The van der Waals surface area contributed by atoms with E-state index in [0.29, 0.717) is 0 Å². The Morgan fingerprint density at radius 1 is 0.593 bits per heavy atom. The van der Waals surface area contributed by atoms with Gasteiger partial charge in [0.05, 0.1) is 11.4 Å². The standard InChI is InChI=1S/C25H26N2/c1-24(2)19-14-8-9-15-20(19)27-22-17-11-10-16-21(22)26(23(27)25(24,3)4)18-12-6-5-7-13-18/h5-17,23H,1-4H3. The second-order valence-electron chi connectivity index (χ2n) is 8.80. The van der Waals surface area contributed by atoms with Crippen LogP contribution in [0, 0.1) is 5.41 Å². The summed E-state index contributed by atoms with van der Waals surface area (Å²) in [7, 11) is 0. The van der Waals surface area contributed by atoms with Crippen LogP contribution < -0.4 is 9.80 Å². The molecule has 3 aromatic rings. The van der Waals surface area contributed by atoms with Crippen LogP contribution in [0.15, 0.2) is 78.9 Å². The Kier molecular flexibility index (Phi) is 3.28. The minimum absolute atomic E-state index is 0.0240. The number of hydrogen-bond donors (Lipinski definition) is 0. The van der Waals surface area contributed by atoms with Crippen molar-refractivity contribution in [3.05, 3.63) is 84.4 Å². The molecule has 5 rings (SSSR count). The summed E-state index contributed by atoms with van der Waals surface area (Å²) in [5.74, 6) is 0. The molecule has 0 aliphatic carbocycles. The van der Waals surface area contributed by atoms with Gasteiger partial charge in [-0.05, 0) is 35.9 Å². The molecule has 0 amide bonds. The van der Waals surface area contributed by atoms with Crippen molar-refractivity contribution < 1.29 is 0 Å². The lowest BCUT2D eigenvalue weighted by molar-refractivity contribution is 0.146. The first kappa shape index (κ1) is 16.4. The first-order valence-corrected chi connectivity index (χ1v) is 9.76. The number of anilines is 4. The third-order valence-electron chi connectivity index (χ3n) is 7.02. The molecule has 0 N–H and O–H groups in total. The van der Waals surface area contributed by atoms with Crippen LogP contribution in [-0.4, -0.2) is 6.17 Å². The molecule has 1 unspecified atom stereocenters. The predicted molar refractivity (Wildman–Crippen MR) is 114 cm³/mol. The van der Waals surface area contributed by atoms with E-state index in [-0.39, 0.29) is 17.0 Å². The minimum atomic E-state index is 0.0240. The van der Waals surface area contributed by atoms with Gasteiger partial charge in [0.25, 0.3) is 0 Å². The predicted octanol–water partition coefficient (Wildman–Crippen LogP) is 6.62. The van der Waals surface area contributed by atoms with Gasteiger partial charge in [0.15, 0.2) is 0 Å². The summed E-state index contributed by atoms with van der Waals surface area (Å²) in [6.07, 6.45) is 0.224. The third-order valence-corrected chi connectivity index (χ3v) is 7.02. The van der Waals surface area contributed by atoms with E-state index in [4.69, 9.17) is 0 Å². The maximum absolute atomic E-state index is 2.56. The van der Waals surface area contributed by atoms with Crippen molar-refractivity contribution in [1.82, 2.24) is 0 Å². The maximum Gasteiger partial charge on any atom is 0.117 e. The molecule has 0 saturated carbocycles. The Morgan fingerprint density at radius 3 is 1.78 bits per heavy atom. The van der Waals surface area contributed by atoms with Gasteiger partial charge in [-0.2, -0.15) is 0 Å². The summed E-state index contributed by atoms with van der Waals surface area (Å²) in [6.45, 7) is 9.63. The summed E-state index contributed by atoms with van der Waals surface area (Å²) >= 11 is 0. The molecule has 2 aliphatic heterocycles. The Bertz CT molecular complexity index is 1000. The van der Waals surface area contributed by atoms with Gasteiger partial charge in [-0.15, -0.1) is 0 Å². The second-order valence-corrected chi connectivity index (χ2v) is 8.80. The molecular weight excluding hydrogens is 328 g/mol. The number of rotatable bonds is 1. The zero-order valence-corrected chi connectivity index (χ0v) is 16.5. The van der Waals surface area contributed by atoms with E-state index in [2.05, 4.69) is 116 Å². The molecule has 2 nitrogen and oxygen atoms in total.